The molecule has 0 bridgehead atoms. The number of benzene rings is 2. The maximum Gasteiger partial charge on any atom is 0.228 e. The number of amides is 1. The van der Waals surface area contributed by atoms with E-state index < -0.39 is 0 Å². The Balaban J connectivity index is 1.35. The Labute approximate surface area is 198 Å². The predicted octanol–water partition coefficient (Wildman–Crippen LogP) is 2.97. The standard InChI is InChI=1S/C24H28ClN3O5/c25-19-13-17(14-22-24(19)33-12-11-32-22)15-23(29)26-20-2-1-18(27-3-7-30-8-4-27)16-21(20)28-5-9-31-10-6-28/h1-2,13-14,16H,3-12,15H2,(H,26,29). The molecule has 0 unspecified atom stereocenters. The monoisotopic (exact) mass is 473 g/mol. The van der Waals surface area contributed by atoms with Gasteiger partial charge in [0.2, 0.25) is 5.91 Å². The number of ether oxygens (including phenoxy) is 4. The normalized spacial score (nSPS) is 18.2. The van der Waals surface area contributed by atoms with E-state index in [0.717, 1.165) is 62.0 Å². The van der Waals surface area contributed by atoms with Gasteiger partial charge in [0.05, 0.1) is 49.2 Å². The molecular weight excluding hydrogens is 446 g/mol. The SMILES string of the molecule is O=C(Cc1cc(Cl)c2c(c1)OCCO2)Nc1ccc(N2CCOCC2)cc1N1CCOCC1. The number of morpholine rings is 2. The molecule has 0 aromatic heterocycles. The van der Waals surface area contributed by atoms with E-state index in [1.807, 2.05) is 12.1 Å². The highest BCUT2D eigenvalue weighted by Crippen LogP contribution is 2.38. The molecule has 0 saturated carbocycles. The van der Waals surface area contributed by atoms with Crippen LogP contribution in [0.3, 0.4) is 0 Å². The first-order valence-corrected chi connectivity index (χ1v) is 11.7. The van der Waals surface area contributed by atoms with E-state index >= 15 is 0 Å². The van der Waals surface area contributed by atoms with Crippen molar-refractivity contribution >= 4 is 34.6 Å². The highest BCUT2D eigenvalue weighted by molar-refractivity contribution is 6.32. The van der Waals surface area contributed by atoms with Gasteiger partial charge in [0.25, 0.3) is 0 Å². The molecule has 3 aliphatic heterocycles. The highest BCUT2D eigenvalue weighted by Gasteiger charge is 2.21. The van der Waals surface area contributed by atoms with Gasteiger partial charge in [0.15, 0.2) is 11.5 Å². The number of carbonyl (C=O) groups excluding carboxylic acids is 1. The van der Waals surface area contributed by atoms with Crippen LogP contribution >= 0.6 is 11.6 Å². The first-order valence-electron chi connectivity index (χ1n) is 11.3. The number of fused-ring (bicyclic) bond motifs is 1. The highest BCUT2D eigenvalue weighted by atomic mass is 35.5. The van der Waals surface area contributed by atoms with Crippen LogP contribution in [0, 0.1) is 0 Å². The lowest BCUT2D eigenvalue weighted by atomic mass is 10.1. The number of nitrogens with zero attached hydrogens (tertiary/aromatic N) is 2. The first-order chi connectivity index (χ1) is 16.2. The van der Waals surface area contributed by atoms with E-state index in [-0.39, 0.29) is 12.3 Å². The molecule has 5 rings (SSSR count). The fourth-order valence-corrected chi connectivity index (χ4v) is 4.64. The molecule has 0 spiro atoms. The summed E-state index contributed by atoms with van der Waals surface area (Å²) in [5.41, 5.74) is 3.72. The molecule has 176 valence electrons. The fourth-order valence-electron chi connectivity index (χ4n) is 4.36. The van der Waals surface area contributed by atoms with Gasteiger partial charge in [0.1, 0.15) is 13.2 Å². The van der Waals surface area contributed by atoms with Crippen molar-refractivity contribution in [3.63, 3.8) is 0 Å². The third-order valence-corrected chi connectivity index (χ3v) is 6.29. The van der Waals surface area contributed by atoms with Gasteiger partial charge in [-0.05, 0) is 35.9 Å². The van der Waals surface area contributed by atoms with E-state index in [2.05, 4.69) is 27.2 Å². The second-order valence-electron chi connectivity index (χ2n) is 8.23. The lowest BCUT2D eigenvalue weighted by molar-refractivity contribution is -0.115. The lowest BCUT2D eigenvalue weighted by Crippen LogP contribution is -2.38. The Morgan fingerprint density at radius 1 is 0.879 bits per heavy atom. The van der Waals surface area contributed by atoms with Gasteiger partial charge >= 0.3 is 0 Å². The minimum absolute atomic E-state index is 0.114. The van der Waals surface area contributed by atoms with Crippen molar-refractivity contribution in [1.82, 2.24) is 0 Å². The van der Waals surface area contributed by atoms with E-state index in [1.165, 1.54) is 0 Å². The van der Waals surface area contributed by atoms with Crippen molar-refractivity contribution in [3.8, 4) is 11.5 Å². The molecule has 33 heavy (non-hydrogen) atoms. The fraction of sp³-hybridized carbons (Fsp3) is 0.458. The summed E-state index contributed by atoms with van der Waals surface area (Å²) in [6.45, 7) is 7.02. The maximum absolute atomic E-state index is 13.0. The van der Waals surface area contributed by atoms with Crippen LogP contribution < -0.4 is 24.6 Å². The zero-order chi connectivity index (χ0) is 22.6. The predicted molar refractivity (Wildman–Crippen MR) is 127 cm³/mol. The van der Waals surface area contributed by atoms with Gasteiger partial charge in [-0.15, -0.1) is 0 Å². The average molecular weight is 474 g/mol. The second-order valence-corrected chi connectivity index (χ2v) is 8.63. The summed E-state index contributed by atoms with van der Waals surface area (Å²) in [6, 6.07) is 9.80. The molecule has 8 nitrogen and oxygen atoms in total. The molecule has 2 fully saturated rings. The van der Waals surface area contributed by atoms with Gasteiger partial charge in [-0.1, -0.05) is 11.6 Å². The molecule has 0 atom stereocenters. The number of hydrogen-bond acceptors (Lipinski definition) is 7. The Bertz CT molecular complexity index is 1010. The van der Waals surface area contributed by atoms with Crippen LogP contribution in [0.25, 0.3) is 0 Å². The van der Waals surface area contributed by atoms with Crippen molar-refractivity contribution in [3.05, 3.63) is 40.9 Å². The van der Waals surface area contributed by atoms with E-state index in [9.17, 15) is 4.79 Å². The smallest absolute Gasteiger partial charge is 0.228 e. The molecule has 1 N–H and O–H groups in total. The third kappa shape index (κ3) is 5.13. The van der Waals surface area contributed by atoms with Gasteiger partial charge in [-0.3, -0.25) is 4.79 Å². The van der Waals surface area contributed by atoms with Crippen molar-refractivity contribution in [2.24, 2.45) is 0 Å². The van der Waals surface area contributed by atoms with Crippen molar-refractivity contribution in [2.75, 3.05) is 80.9 Å². The summed E-state index contributed by atoms with van der Waals surface area (Å²) in [7, 11) is 0. The number of halogens is 1. The lowest BCUT2D eigenvalue weighted by Gasteiger charge is -2.33. The number of carbonyl (C=O) groups is 1. The van der Waals surface area contributed by atoms with Crippen LogP contribution in [0.4, 0.5) is 17.1 Å². The summed E-state index contributed by atoms with van der Waals surface area (Å²) in [6.07, 6.45) is 0.185. The quantitative estimate of drug-likeness (QED) is 0.715. The average Bonchev–Trinajstić information content (AvgIpc) is 2.85. The zero-order valence-corrected chi connectivity index (χ0v) is 19.2. The largest absolute Gasteiger partial charge is 0.486 e. The maximum atomic E-state index is 13.0. The minimum atomic E-state index is -0.114. The first kappa shape index (κ1) is 22.1. The van der Waals surface area contributed by atoms with Crippen LogP contribution in [0.1, 0.15) is 5.56 Å². The number of nitrogens with one attached hydrogen (secondary N) is 1. The van der Waals surface area contributed by atoms with Crippen LogP contribution in [0.5, 0.6) is 11.5 Å². The van der Waals surface area contributed by atoms with Gasteiger partial charge in [-0.2, -0.15) is 0 Å². The van der Waals surface area contributed by atoms with Crippen LogP contribution in [-0.4, -0.2) is 71.7 Å². The molecule has 0 aliphatic carbocycles. The Morgan fingerprint density at radius 2 is 1.58 bits per heavy atom. The van der Waals surface area contributed by atoms with Crippen molar-refractivity contribution in [2.45, 2.75) is 6.42 Å². The molecule has 9 heteroatoms. The van der Waals surface area contributed by atoms with Crippen molar-refractivity contribution < 1.29 is 23.7 Å². The number of rotatable bonds is 5. The second kappa shape index (κ2) is 10.1. The van der Waals surface area contributed by atoms with Gasteiger partial charge in [0, 0.05) is 31.9 Å². The summed E-state index contributed by atoms with van der Waals surface area (Å²) >= 11 is 6.34. The zero-order valence-electron chi connectivity index (χ0n) is 18.5. The third-order valence-electron chi connectivity index (χ3n) is 6.00. The van der Waals surface area contributed by atoms with Gasteiger partial charge < -0.3 is 34.1 Å². The Morgan fingerprint density at radius 3 is 2.33 bits per heavy atom. The van der Waals surface area contributed by atoms with Gasteiger partial charge in [-0.25, -0.2) is 0 Å². The summed E-state index contributed by atoms with van der Waals surface area (Å²) in [5, 5.41) is 3.56. The molecule has 2 aromatic carbocycles. The summed E-state index contributed by atoms with van der Waals surface area (Å²) < 4.78 is 22.2. The number of anilines is 3. The summed E-state index contributed by atoms with van der Waals surface area (Å²) in [4.78, 5) is 17.6. The Kier molecular flexibility index (Phi) is 6.75. The molecule has 0 radical (unpaired) electrons. The topological polar surface area (TPSA) is 72.5 Å². The molecule has 2 saturated heterocycles. The Hall–Kier alpha value is -2.68. The molecule has 3 aliphatic rings. The summed E-state index contributed by atoms with van der Waals surface area (Å²) in [5.74, 6) is 1.01. The van der Waals surface area contributed by atoms with Crippen LogP contribution in [0.15, 0.2) is 30.3 Å². The molecule has 1 amide bonds. The molecular formula is C24H28ClN3O5. The molecule has 2 aromatic rings. The van der Waals surface area contributed by atoms with E-state index in [0.29, 0.717) is 42.9 Å². The molecule has 3 heterocycles. The van der Waals surface area contributed by atoms with E-state index in [4.69, 9.17) is 30.5 Å². The van der Waals surface area contributed by atoms with Crippen LogP contribution in [0.2, 0.25) is 5.02 Å². The van der Waals surface area contributed by atoms with Crippen molar-refractivity contribution in [1.29, 1.82) is 0 Å². The minimum Gasteiger partial charge on any atom is -0.486 e. The van der Waals surface area contributed by atoms with Crippen LogP contribution in [-0.2, 0) is 20.7 Å². The number of hydrogen-bond donors (Lipinski definition) is 1. The van der Waals surface area contributed by atoms with E-state index in [1.54, 1.807) is 6.07 Å².